The van der Waals surface area contributed by atoms with Gasteiger partial charge in [0, 0.05) is 18.1 Å². The Balaban J connectivity index is 1.92. The third kappa shape index (κ3) is 4.25. The fourth-order valence-electron chi connectivity index (χ4n) is 2.12. The summed E-state index contributed by atoms with van der Waals surface area (Å²) in [5.74, 6) is 0.209. The molecule has 5 nitrogen and oxygen atoms in total. The minimum Gasteiger partial charge on any atom is -0.482 e. The molecular formula is C13H15Cl2NO4S. The van der Waals surface area contributed by atoms with Crippen LogP contribution in [-0.4, -0.2) is 50.4 Å². The first kappa shape index (κ1) is 16.4. The lowest BCUT2D eigenvalue weighted by Gasteiger charge is -2.23. The lowest BCUT2D eigenvalue weighted by Crippen LogP contribution is -2.40. The summed E-state index contributed by atoms with van der Waals surface area (Å²) >= 11 is 11.7. The van der Waals surface area contributed by atoms with Crippen molar-refractivity contribution in [3.05, 3.63) is 28.2 Å². The van der Waals surface area contributed by atoms with Gasteiger partial charge in [-0.05, 0) is 24.6 Å². The molecule has 0 aliphatic carbocycles. The number of ether oxygens (including phenoxy) is 1. The van der Waals surface area contributed by atoms with Crippen molar-refractivity contribution in [3.63, 3.8) is 0 Å². The average molecular weight is 352 g/mol. The van der Waals surface area contributed by atoms with E-state index < -0.39 is 9.84 Å². The zero-order valence-electron chi connectivity index (χ0n) is 11.4. The third-order valence-corrected chi connectivity index (χ3v) is 5.68. The van der Waals surface area contributed by atoms with E-state index in [1.54, 1.807) is 19.2 Å². The van der Waals surface area contributed by atoms with Crippen molar-refractivity contribution >= 4 is 38.9 Å². The highest BCUT2D eigenvalue weighted by atomic mass is 35.5. The molecule has 1 aromatic carbocycles. The van der Waals surface area contributed by atoms with E-state index in [1.807, 2.05) is 0 Å². The second-order valence-electron chi connectivity index (χ2n) is 4.92. The highest BCUT2D eigenvalue weighted by Gasteiger charge is 2.32. The Kier molecular flexibility index (Phi) is 5.01. The van der Waals surface area contributed by atoms with Gasteiger partial charge < -0.3 is 9.64 Å². The monoisotopic (exact) mass is 351 g/mol. The van der Waals surface area contributed by atoms with E-state index in [0.29, 0.717) is 22.2 Å². The second kappa shape index (κ2) is 6.42. The summed E-state index contributed by atoms with van der Waals surface area (Å²) in [6, 6.07) is 4.43. The van der Waals surface area contributed by atoms with E-state index in [1.165, 1.54) is 11.0 Å². The maximum absolute atomic E-state index is 12.0. The summed E-state index contributed by atoms with van der Waals surface area (Å²) in [5.41, 5.74) is 0. The number of likely N-dealkylation sites (N-methyl/N-ethyl adjacent to an activating group) is 1. The number of carbonyl (C=O) groups is 1. The van der Waals surface area contributed by atoms with E-state index in [-0.39, 0.29) is 30.1 Å². The van der Waals surface area contributed by atoms with Crippen molar-refractivity contribution in [3.8, 4) is 5.75 Å². The van der Waals surface area contributed by atoms with Gasteiger partial charge in [0.05, 0.1) is 16.5 Å². The number of benzene rings is 1. The van der Waals surface area contributed by atoms with Gasteiger partial charge in [-0.2, -0.15) is 0 Å². The fourth-order valence-corrected chi connectivity index (χ4v) is 4.36. The molecule has 0 saturated carbocycles. The van der Waals surface area contributed by atoms with Crippen molar-refractivity contribution in [2.75, 3.05) is 25.2 Å². The maximum atomic E-state index is 12.0. The molecule has 1 atom stereocenters. The van der Waals surface area contributed by atoms with Gasteiger partial charge in [-0.3, -0.25) is 4.79 Å². The van der Waals surface area contributed by atoms with Crippen LogP contribution in [0.1, 0.15) is 6.42 Å². The number of rotatable bonds is 4. The van der Waals surface area contributed by atoms with E-state index in [4.69, 9.17) is 27.9 Å². The molecule has 1 aromatic rings. The van der Waals surface area contributed by atoms with Crippen LogP contribution in [0.4, 0.5) is 0 Å². The summed E-state index contributed by atoms with van der Waals surface area (Å²) < 4.78 is 28.2. The first-order valence-electron chi connectivity index (χ1n) is 6.32. The van der Waals surface area contributed by atoms with Gasteiger partial charge in [0.15, 0.2) is 16.4 Å². The number of sulfone groups is 1. The van der Waals surface area contributed by atoms with Gasteiger partial charge in [0.1, 0.15) is 5.75 Å². The van der Waals surface area contributed by atoms with Crippen molar-refractivity contribution in [1.82, 2.24) is 4.90 Å². The molecule has 21 heavy (non-hydrogen) atoms. The molecule has 1 aliphatic rings. The zero-order chi connectivity index (χ0) is 15.6. The standard InChI is InChI=1S/C13H15Cl2NO4S/c1-16(10-4-5-21(18,19)8-10)13(17)7-20-12-3-2-9(14)6-11(12)15/h2-3,6,10H,4-5,7-8H2,1H3. The molecule has 0 N–H and O–H groups in total. The number of carbonyl (C=O) groups excluding carboxylic acids is 1. The summed E-state index contributed by atoms with van der Waals surface area (Å²) in [5, 5.41) is 0.799. The van der Waals surface area contributed by atoms with Crippen LogP contribution < -0.4 is 4.74 Å². The molecule has 1 unspecified atom stereocenters. The molecule has 0 radical (unpaired) electrons. The van der Waals surface area contributed by atoms with Gasteiger partial charge in [0.2, 0.25) is 0 Å². The summed E-state index contributed by atoms with van der Waals surface area (Å²) in [6.07, 6.45) is 0.465. The first-order chi connectivity index (χ1) is 9.78. The third-order valence-electron chi connectivity index (χ3n) is 3.39. The van der Waals surface area contributed by atoms with Crippen LogP contribution in [0.5, 0.6) is 5.75 Å². The number of amides is 1. The largest absolute Gasteiger partial charge is 0.482 e. The van der Waals surface area contributed by atoms with Crippen LogP contribution >= 0.6 is 23.2 Å². The number of halogens is 2. The smallest absolute Gasteiger partial charge is 0.260 e. The molecule has 2 rings (SSSR count). The molecule has 0 spiro atoms. The van der Waals surface area contributed by atoms with Crippen LogP contribution in [0.3, 0.4) is 0 Å². The van der Waals surface area contributed by atoms with Gasteiger partial charge in [-0.1, -0.05) is 23.2 Å². The van der Waals surface area contributed by atoms with Gasteiger partial charge in [-0.15, -0.1) is 0 Å². The van der Waals surface area contributed by atoms with Crippen molar-refractivity contribution in [1.29, 1.82) is 0 Å². The molecule has 0 bridgehead atoms. The van der Waals surface area contributed by atoms with E-state index in [0.717, 1.165) is 0 Å². The fraction of sp³-hybridized carbons (Fsp3) is 0.462. The lowest BCUT2D eigenvalue weighted by atomic mass is 10.2. The molecule has 1 heterocycles. The van der Waals surface area contributed by atoms with E-state index in [9.17, 15) is 13.2 Å². The molecule has 1 aliphatic heterocycles. The normalized spacial score (nSPS) is 20.2. The average Bonchev–Trinajstić information content (AvgIpc) is 2.77. The van der Waals surface area contributed by atoms with Crippen molar-refractivity contribution in [2.24, 2.45) is 0 Å². The number of nitrogens with zero attached hydrogens (tertiary/aromatic N) is 1. The van der Waals surface area contributed by atoms with Gasteiger partial charge in [-0.25, -0.2) is 8.42 Å². The van der Waals surface area contributed by atoms with Crippen molar-refractivity contribution < 1.29 is 17.9 Å². The minimum absolute atomic E-state index is 0.0109. The Bertz CT molecular complexity index is 648. The number of hydrogen-bond acceptors (Lipinski definition) is 4. The van der Waals surface area contributed by atoms with Crippen LogP contribution in [0.25, 0.3) is 0 Å². The van der Waals surface area contributed by atoms with Crippen LogP contribution in [0.15, 0.2) is 18.2 Å². The van der Waals surface area contributed by atoms with Gasteiger partial charge >= 0.3 is 0 Å². The minimum atomic E-state index is -3.02. The van der Waals surface area contributed by atoms with Crippen LogP contribution in [0, 0.1) is 0 Å². The second-order valence-corrected chi connectivity index (χ2v) is 8.00. The van der Waals surface area contributed by atoms with Gasteiger partial charge in [0.25, 0.3) is 5.91 Å². The summed E-state index contributed by atoms with van der Waals surface area (Å²) in [7, 11) is -1.44. The van der Waals surface area contributed by atoms with E-state index in [2.05, 4.69) is 0 Å². The highest BCUT2D eigenvalue weighted by Crippen LogP contribution is 2.27. The van der Waals surface area contributed by atoms with Crippen molar-refractivity contribution in [2.45, 2.75) is 12.5 Å². The Hall–Kier alpha value is -0.980. The predicted molar refractivity (Wildman–Crippen MR) is 81.8 cm³/mol. The lowest BCUT2D eigenvalue weighted by molar-refractivity contribution is -0.133. The topological polar surface area (TPSA) is 63.7 Å². The first-order valence-corrected chi connectivity index (χ1v) is 8.90. The Morgan fingerprint density at radius 3 is 2.71 bits per heavy atom. The molecule has 8 heteroatoms. The molecule has 1 amide bonds. The van der Waals surface area contributed by atoms with Crippen LogP contribution in [0.2, 0.25) is 10.0 Å². The Morgan fingerprint density at radius 2 is 2.14 bits per heavy atom. The molecule has 0 aromatic heterocycles. The Morgan fingerprint density at radius 1 is 1.43 bits per heavy atom. The quantitative estimate of drug-likeness (QED) is 0.832. The maximum Gasteiger partial charge on any atom is 0.260 e. The van der Waals surface area contributed by atoms with E-state index >= 15 is 0 Å². The highest BCUT2D eigenvalue weighted by molar-refractivity contribution is 7.91. The molecule has 116 valence electrons. The summed E-state index contributed by atoms with van der Waals surface area (Å²) in [4.78, 5) is 13.5. The SMILES string of the molecule is CN(C(=O)COc1ccc(Cl)cc1Cl)C1CCS(=O)(=O)C1. The summed E-state index contributed by atoms with van der Waals surface area (Å²) in [6.45, 7) is -0.200. The molecular weight excluding hydrogens is 337 g/mol. The molecule has 1 fully saturated rings. The predicted octanol–water partition coefficient (Wildman–Crippen LogP) is 2.02. The zero-order valence-corrected chi connectivity index (χ0v) is 13.7. The molecule has 1 saturated heterocycles. The number of hydrogen-bond donors (Lipinski definition) is 0. The van der Waals surface area contributed by atoms with Crippen LogP contribution in [-0.2, 0) is 14.6 Å². The Labute approximate surface area is 133 Å².